The first kappa shape index (κ1) is 14.2. The molecule has 3 rings (SSSR count). The number of aryl methyl sites for hydroxylation is 1. The number of rotatable bonds is 4. The molecule has 3 heterocycles. The van der Waals surface area contributed by atoms with E-state index in [0.717, 1.165) is 30.0 Å². The van der Waals surface area contributed by atoms with Crippen LogP contribution in [0.5, 0.6) is 0 Å². The molecule has 5 nitrogen and oxygen atoms in total. The highest BCUT2D eigenvalue weighted by molar-refractivity contribution is 5.52. The van der Waals surface area contributed by atoms with E-state index >= 15 is 0 Å². The predicted octanol–water partition coefficient (Wildman–Crippen LogP) is 2.24. The molecule has 5 heteroatoms. The summed E-state index contributed by atoms with van der Waals surface area (Å²) in [6.07, 6.45) is 9.17. The zero-order valence-corrected chi connectivity index (χ0v) is 12.9. The summed E-state index contributed by atoms with van der Waals surface area (Å²) in [7, 11) is 2.20. The summed E-state index contributed by atoms with van der Waals surface area (Å²) in [5.41, 5.74) is 3.07. The van der Waals surface area contributed by atoms with Crippen molar-refractivity contribution < 1.29 is 0 Å². The van der Waals surface area contributed by atoms with E-state index in [2.05, 4.69) is 29.0 Å². The SMILES string of the molecule is CCn1nccc1-c1cncc(CC2CCCN(C)C2)n1. The molecule has 2 aromatic rings. The van der Waals surface area contributed by atoms with Crippen LogP contribution in [0.25, 0.3) is 11.4 Å². The summed E-state index contributed by atoms with van der Waals surface area (Å²) in [5.74, 6) is 0.699. The predicted molar refractivity (Wildman–Crippen MR) is 82.9 cm³/mol. The van der Waals surface area contributed by atoms with Crippen molar-refractivity contribution in [1.29, 1.82) is 0 Å². The number of nitrogens with zero attached hydrogens (tertiary/aromatic N) is 5. The van der Waals surface area contributed by atoms with Crippen LogP contribution in [0, 0.1) is 5.92 Å². The van der Waals surface area contributed by atoms with Crippen molar-refractivity contribution >= 4 is 0 Å². The molecule has 1 aliphatic heterocycles. The molecule has 1 fully saturated rings. The first-order valence-corrected chi connectivity index (χ1v) is 7.78. The Balaban J connectivity index is 1.77. The van der Waals surface area contributed by atoms with Crippen LogP contribution in [0.2, 0.25) is 0 Å². The van der Waals surface area contributed by atoms with Gasteiger partial charge in [-0.1, -0.05) is 0 Å². The Kier molecular flexibility index (Phi) is 4.29. The Morgan fingerprint density at radius 2 is 2.24 bits per heavy atom. The van der Waals surface area contributed by atoms with E-state index in [-0.39, 0.29) is 0 Å². The fraction of sp³-hybridized carbons (Fsp3) is 0.562. The van der Waals surface area contributed by atoms with Gasteiger partial charge in [-0.25, -0.2) is 4.98 Å². The third kappa shape index (κ3) is 3.29. The summed E-state index contributed by atoms with van der Waals surface area (Å²) >= 11 is 0. The van der Waals surface area contributed by atoms with Crippen LogP contribution in [0.4, 0.5) is 0 Å². The molecule has 21 heavy (non-hydrogen) atoms. The Morgan fingerprint density at radius 1 is 1.33 bits per heavy atom. The van der Waals surface area contributed by atoms with Gasteiger partial charge < -0.3 is 4.90 Å². The van der Waals surface area contributed by atoms with Gasteiger partial charge in [0.25, 0.3) is 0 Å². The second kappa shape index (κ2) is 6.35. The summed E-state index contributed by atoms with van der Waals surface area (Å²) in [6.45, 7) is 5.32. The summed E-state index contributed by atoms with van der Waals surface area (Å²) in [4.78, 5) is 11.6. The van der Waals surface area contributed by atoms with Gasteiger partial charge >= 0.3 is 0 Å². The molecule has 0 spiro atoms. The molecule has 0 aliphatic carbocycles. The van der Waals surface area contributed by atoms with Gasteiger partial charge in [0.05, 0.1) is 17.6 Å². The quantitative estimate of drug-likeness (QED) is 0.864. The highest BCUT2D eigenvalue weighted by atomic mass is 15.3. The van der Waals surface area contributed by atoms with Crippen molar-refractivity contribution in [3.05, 3.63) is 30.4 Å². The van der Waals surface area contributed by atoms with Crippen molar-refractivity contribution in [3.8, 4) is 11.4 Å². The molecule has 0 amide bonds. The van der Waals surface area contributed by atoms with Crippen molar-refractivity contribution in [2.24, 2.45) is 5.92 Å². The molecule has 1 unspecified atom stereocenters. The van der Waals surface area contributed by atoms with Crippen LogP contribution in [-0.2, 0) is 13.0 Å². The highest BCUT2D eigenvalue weighted by Crippen LogP contribution is 2.21. The maximum Gasteiger partial charge on any atom is 0.107 e. The standard InChI is InChI=1S/C16H23N5/c1-3-21-16(6-7-18-21)15-11-17-10-14(19-15)9-13-5-4-8-20(2)12-13/h6-7,10-11,13H,3-5,8-9,12H2,1-2H3. The van der Waals surface area contributed by atoms with Crippen LogP contribution in [0.3, 0.4) is 0 Å². The fourth-order valence-electron chi connectivity index (χ4n) is 3.17. The Hall–Kier alpha value is -1.75. The molecular formula is C16H23N5. The molecule has 0 saturated carbocycles. The fourth-order valence-corrected chi connectivity index (χ4v) is 3.17. The van der Waals surface area contributed by atoms with Gasteiger partial charge in [-0.2, -0.15) is 5.10 Å². The van der Waals surface area contributed by atoms with Gasteiger partial charge in [-0.05, 0) is 51.8 Å². The summed E-state index contributed by atoms with van der Waals surface area (Å²) in [5, 5.41) is 4.31. The third-order valence-electron chi connectivity index (χ3n) is 4.18. The Bertz CT molecular complexity index is 592. The Morgan fingerprint density at radius 3 is 3.05 bits per heavy atom. The summed E-state index contributed by atoms with van der Waals surface area (Å²) in [6, 6.07) is 2.01. The van der Waals surface area contributed by atoms with Crippen LogP contribution < -0.4 is 0 Å². The van der Waals surface area contributed by atoms with Gasteiger partial charge in [0.15, 0.2) is 0 Å². The summed E-state index contributed by atoms with van der Waals surface area (Å²) < 4.78 is 1.96. The topological polar surface area (TPSA) is 46.8 Å². The van der Waals surface area contributed by atoms with E-state index in [1.54, 1.807) is 0 Å². The van der Waals surface area contributed by atoms with E-state index in [0.29, 0.717) is 5.92 Å². The number of aromatic nitrogens is 4. The smallest absolute Gasteiger partial charge is 0.107 e. The second-order valence-corrected chi connectivity index (χ2v) is 5.90. The van der Waals surface area contributed by atoms with Crippen molar-refractivity contribution in [3.63, 3.8) is 0 Å². The number of likely N-dealkylation sites (tertiary alicyclic amines) is 1. The second-order valence-electron chi connectivity index (χ2n) is 5.90. The molecule has 1 saturated heterocycles. The van der Waals surface area contributed by atoms with Crippen molar-refractivity contribution in [2.45, 2.75) is 32.7 Å². The molecule has 0 N–H and O–H groups in total. The largest absolute Gasteiger partial charge is 0.306 e. The molecule has 0 radical (unpaired) electrons. The van der Waals surface area contributed by atoms with E-state index in [1.165, 1.54) is 25.9 Å². The molecule has 112 valence electrons. The molecule has 2 aromatic heterocycles. The minimum atomic E-state index is 0.699. The van der Waals surface area contributed by atoms with Gasteiger partial charge in [0.1, 0.15) is 5.69 Å². The lowest BCUT2D eigenvalue weighted by molar-refractivity contribution is 0.208. The van der Waals surface area contributed by atoms with Crippen LogP contribution in [0.15, 0.2) is 24.7 Å². The molecule has 0 aromatic carbocycles. The highest BCUT2D eigenvalue weighted by Gasteiger charge is 2.18. The van der Waals surface area contributed by atoms with Crippen LogP contribution in [-0.4, -0.2) is 44.8 Å². The zero-order chi connectivity index (χ0) is 14.7. The van der Waals surface area contributed by atoms with Gasteiger partial charge in [0, 0.05) is 25.5 Å². The first-order valence-electron chi connectivity index (χ1n) is 7.78. The monoisotopic (exact) mass is 285 g/mol. The number of hydrogen-bond acceptors (Lipinski definition) is 4. The van der Waals surface area contributed by atoms with E-state index in [1.807, 2.05) is 29.3 Å². The lowest BCUT2D eigenvalue weighted by Crippen LogP contribution is -2.33. The lowest BCUT2D eigenvalue weighted by Gasteiger charge is -2.29. The van der Waals surface area contributed by atoms with E-state index < -0.39 is 0 Å². The van der Waals surface area contributed by atoms with Crippen LogP contribution >= 0.6 is 0 Å². The molecular weight excluding hydrogens is 262 g/mol. The number of hydrogen-bond donors (Lipinski definition) is 0. The van der Waals surface area contributed by atoms with Gasteiger partial charge in [-0.3, -0.25) is 9.67 Å². The Labute approximate surface area is 126 Å². The molecule has 0 bridgehead atoms. The van der Waals surface area contributed by atoms with Gasteiger partial charge in [0.2, 0.25) is 0 Å². The third-order valence-corrected chi connectivity index (χ3v) is 4.18. The maximum absolute atomic E-state index is 4.80. The van der Waals surface area contributed by atoms with Gasteiger partial charge in [-0.15, -0.1) is 0 Å². The number of piperidine rings is 1. The van der Waals surface area contributed by atoms with Crippen molar-refractivity contribution in [1.82, 2.24) is 24.6 Å². The lowest BCUT2D eigenvalue weighted by atomic mass is 9.94. The average Bonchev–Trinajstić information content (AvgIpc) is 2.96. The van der Waals surface area contributed by atoms with E-state index in [4.69, 9.17) is 4.98 Å². The van der Waals surface area contributed by atoms with Crippen molar-refractivity contribution in [2.75, 3.05) is 20.1 Å². The zero-order valence-electron chi connectivity index (χ0n) is 12.9. The van der Waals surface area contributed by atoms with E-state index in [9.17, 15) is 0 Å². The minimum absolute atomic E-state index is 0.699. The minimum Gasteiger partial charge on any atom is -0.306 e. The van der Waals surface area contributed by atoms with Crippen LogP contribution in [0.1, 0.15) is 25.5 Å². The maximum atomic E-state index is 4.80. The normalized spacial score (nSPS) is 19.8. The first-order chi connectivity index (χ1) is 10.3. The molecule has 1 aliphatic rings. The molecule has 1 atom stereocenters. The average molecular weight is 285 g/mol.